The van der Waals surface area contributed by atoms with Crippen molar-refractivity contribution < 1.29 is 4.79 Å². The average molecular weight is 205 g/mol. The van der Waals surface area contributed by atoms with Gasteiger partial charge in [0.1, 0.15) is 11.4 Å². The van der Waals surface area contributed by atoms with E-state index < -0.39 is 0 Å². The molecular weight excluding hydrogens is 194 g/mol. The zero-order valence-corrected chi connectivity index (χ0v) is 8.21. The van der Waals surface area contributed by atoms with Crippen LogP contribution in [0.5, 0.6) is 0 Å². The van der Waals surface area contributed by atoms with Gasteiger partial charge in [-0.05, 0) is 12.1 Å². The second-order valence-electron chi connectivity index (χ2n) is 3.07. The van der Waals surface area contributed by atoms with E-state index in [0.717, 1.165) is 0 Å². The van der Waals surface area contributed by atoms with Gasteiger partial charge in [0, 0.05) is 19.4 Å². The van der Waals surface area contributed by atoms with Crippen molar-refractivity contribution in [2.45, 2.75) is 0 Å². The minimum atomic E-state index is -0.355. The van der Waals surface area contributed by atoms with Crippen LogP contribution in [0, 0.1) is 0 Å². The van der Waals surface area contributed by atoms with Crippen LogP contribution < -0.4 is 11.3 Å². The molecule has 0 aliphatic carbocycles. The maximum Gasteiger partial charge on any atom is 0.270 e. The number of carbonyl (C=O) groups is 1. The number of rotatable bonds is 2. The van der Waals surface area contributed by atoms with Gasteiger partial charge in [-0.3, -0.25) is 14.9 Å². The fourth-order valence-electron chi connectivity index (χ4n) is 1.45. The van der Waals surface area contributed by atoms with Gasteiger partial charge >= 0.3 is 0 Å². The highest BCUT2D eigenvalue weighted by atomic mass is 16.2. The zero-order chi connectivity index (χ0) is 10.8. The van der Waals surface area contributed by atoms with E-state index in [4.69, 9.17) is 5.84 Å². The molecule has 0 saturated carbocycles. The van der Waals surface area contributed by atoms with Crippen molar-refractivity contribution in [1.82, 2.24) is 19.8 Å². The van der Waals surface area contributed by atoms with Crippen LogP contribution >= 0.6 is 0 Å². The van der Waals surface area contributed by atoms with E-state index in [-0.39, 0.29) is 5.91 Å². The molecule has 0 radical (unpaired) electrons. The van der Waals surface area contributed by atoms with E-state index in [1.165, 1.54) is 6.20 Å². The lowest BCUT2D eigenvalue weighted by Gasteiger charge is -2.05. The molecule has 0 fully saturated rings. The van der Waals surface area contributed by atoms with Crippen LogP contribution in [0.15, 0.2) is 30.7 Å². The van der Waals surface area contributed by atoms with Gasteiger partial charge in [0.2, 0.25) is 0 Å². The number of nitrogen functional groups attached to an aromatic ring is 1. The number of amides is 1. The minimum absolute atomic E-state index is 0.355. The van der Waals surface area contributed by atoms with Crippen LogP contribution in [-0.2, 0) is 7.05 Å². The Hall–Kier alpha value is -2.08. The molecule has 0 bridgehead atoms. The molecule has 2 heterocycles. The summed E-state index contributed by atoms with van der Waals surface area (Å²) in [6.45, 7) is 0. The van der Waals surface area contributed by atoms with Gasteiger partial charge in [-0.15, -0.1) is 0 Å². The molecule has 2 aromatic rings. The van der Waals surface area contributed by atoms with E-state index in [0.29, 0.717) is 11.4 Å². The topological polar surface area (TPSA) is 77.9 Å². The molecule has 0 unspecified atom stereocenters. The van der Waals surface area contributed by atoms with Crippen molar-refractivity contribution in [1.29, 1.82) is 0 Å². The van der Waals surface area contributed by atoms with Crippen molar-refractivity contribution in [2.24, 2.45) is 12.9 Å². The summed E-state index contributed by atoms with van der Waals surface area (Å²) in [5, 5.41) is 4.02. The molecule has 0 aliphatic heterocycles. The Morgan fingerprint density at radius 2 is 2.13 bits per heavy atom. The molecule has 0 atom stereocenters. The van der Waals surface area contributed by atoms with Gasteiger partial charge in [0.15, 0.2) is 0 Å². The highest BCUT2D eigenvalue weighted by Crippen LogP contribution is 2.13. The first-order chi connectivity index (χ1) is 7.24. The SMILES string of the molecule is Cn1ncc(C(=O)NN)c1-n1cccc1. The smallest absolute Gasteiger partial charge is 0.270 e. The summed E-state index contributed by atoms with van der Waals surface area (Å²) in [7, 11) is 1.77. The quantitative estimate of drug-likeness (QED) is 0.405. The van der Waals surface area contributed by atoms with Crippen molar-refractivity contribution in [3.63, 3.8) is 0 Å². The normalized spacial score (nSPS) is 10.3. The molecule has 2 rings (SSSR count). The number of nitrogens with one attached hydrogen (secondary N) is 1. The lowest BCUT2D eigenvalue weighted by atomic mass is 10.3. The van der Waals surface area contributed by atoms with Gasteiger partial charge in [0.25, 0.3) is 5.91 Å². The first kappa shape index (κ1) is 9.47. The number of hydrogen-bond acceptors (Lipinski definition) is 3. The van der Waals surface area contributed by atoms with Crippen molar-refractivity contribution >= 4 is 5.91 Å². The number of hydrogen-bond donors (Lipinski definition) is 2. The third-order valence-electron chi connectivity index (χ3n) is 2.13. The molecule has 0 aliphatic rings. The maximum atomic E-state index is 11.4. The minimum Gasteiger partial charge on any atom is -0.308 e. The van der Waals surface area contributed by atoms with Gasteiger partial charge < -0.3 is 4.57 Å². The van der Waals surface area contributed by atoms with E-state index >= 15 is 0 Å². The molecule has 6 heteroatoms. The van der Waals surface area contributed by atoms with Crippen molar-refractivity contribution in [2.75, 3.05) is 0 Å². The second-order valence-corrected chi connectivity index (χ2v) is 3.07. The van der Waals surface area contributed by atoms with Crippen LogP contribution in [0.25, 0.3) is 5.82 Å². The summed E-state index contributed by atoms with van der Waals surface area (Å²) < 4.78 is 3.42. The zero-order valence-electron chi connectivity index (χ0n) is 8.21. The largest absolute Gasteiger partial charge is 0.308 e. The fourth-order valence-corrected chi connectivity index (χ4v) is 1.45. The maximum absolute atomic E-state index is 11.4. The molecule has 0 aromatic carbocycles. The van der Waals surface area contributed by atoms with Crippen LogP contribution in [0.1, 0.15) is 10.4 Å². The Morgan fingerprint density at radius 1 is 1.47 bits per heavy atom. The Morgan fingerprint density at radius 3 is 2.73 bits per heavy atom. The summed E-state index contributed by atoms with van der Waals surface area (Å²) in [4.78, 5) is 11.4. The average Bonchev–Trinajstić information content (AvgIpc) is 2.85. The first-order valence-electron chi connectivity index (χ1n) is 4.40. The molecule has 6 nitrogen and oxygen atoms in total. The van der Waals surface area contributed by atoms with E-state index in [1.54, 1.807) is 16.3 Å². The third-order valence-corrected chi connectivity index (χ3v) is 2.13. The number of aryl methyl sites for hydroxylation is 1. The summed E-state index contributed by atoms with van der Waals surface area (Å²) in [5.74, 6) is 5.42. The number of carbonyl (C=O) groups excluding carboxylic acids is 1. The summed E-state index contributed by atoms with van der Waals surface area (Å²) in [6, 6.07) is 3.74. The molecule has 78 valence electrons. The van der Waals surface area contributed by atoms with Gasteiger partial charge in [0.05, 0.1) is 6.20 Å². The molecule has 3 N–H and O–H groups in total. The highest BCUT2D eigenvalue weighted by molar-refractivity contribution is 5.96. The Labute approximate surface area is 86.3 Å². The fraction of sp³-hybridized carbons (Fsp3) is 0.111. The van der Waals surface area contributed by atoms with Gasteiger partial charge in [-0.2, -0.15) is 5.10 Å². The molecular formula is C9H11N5O. The summed E-state index contributed by atoms with van der Waals surface area (Å²) in [6.07, 6.45) is 5.16. The Bertz CT molecular complexity index is 471. The van der Waals surface area contributed by atoms with Crippen molar-refractivity contribution in [3.8, 4) is 5.82 Å². The van der Waals surface area contributed by atoms with Crippen LogP contribution in [0.4, 0.5) is 0 Å². The van der Waals surface area contributed by atoms with Crippen molar-refractivity contribution in [3.05, 3.63) is 36.3 Å². The molecule has 2 aromatic heterocycles. The lowest BCUT2D eigenvalue weighted by molar-refractivity contribution is 0.0953. The van der Waals surface area contributed by atoms with Crippen LogP contribution in [-0.4, -0.2) is 20.3 Å². The third kappa shape index (κ3) is 1.50. The number of nitrogens with two attached hydrogens (primary N) is 1. The van der Waals surface area contributed by atoms with Crippen LogP contribution in [0.2, 0.25) is 0 Å². The Kier molecular flexibility index (Phi) is 2.26. The van der Waals surface area contributed by atoms with E-state index in [2.05, 4.69) is 10.5 Å². The summed E-state index contributed by atoms with van der Waals surface area (Å²) in [5.41, 5.74) is 2.53. The number of aromatic nitrogens is 3. The molecule has 0 saturated heterocycles. The number of hydrazine groups is 1. The highest BCUT2D eigenvalue weighted by Gasteiger charge is 2.15. The standard InChI is InChI=1S/C9H11N5O/c1-13-9(14-4-2-3-5-14)7(6-11-13)8(15)12-10/h2-6H,10H2,1H3,(H,12,15). The molecule has 15 heavy (non-hydrogen) atoms. The van der Waals surface area contributed by atoms with E-state index in [9.17, 15) is 4.79 Å². The molecule has 0 spiro atoms. The second kappa shape index (κ2) is 3.58. The summed E-state index contributed by atoms with van der Waals surface area (Å²) >= 11 is 0. The lowest BCUT2D eigenvalue weighted by Crippen LogP contribution is -2.30. The molecule has 1 amide bonds. The monoisotopic (exact) mass is 205 g/mol. The Balaban J connectivity index is 2.55. The van der Waals surface area contributed by atoms with E-state index in [1.807, 2.05) is 24.5 Å². The number of nitrogens with zero attached hydrogens (tertiary/aromatic N) is 3. The first-order valence-corrected chi connectivity index (χ1v) is 4.40. The predicted molar refractivity (Wildman–Crippen MR) is 54.2 cm³/mol. The van der Waals surface area contributed by atoms with Gasteiger partial charge in [-0.1, -0.05) is 0 Å². The predicted octanol–water partition coefficient (Wildman–Crippen LogP) is -0.186. The van der Waals surface area contributed by atoms with Gasteiger partial charge in [-0.25, -0.2) is 5.84 Å². The van der Waals surface area contributed by atoms with Crippen LogP contribution in [0.3, 0.4) is 0 Å².